The molecule has 0 aliphatic carbocycles. The highest BCUT2D eigenvalue weighted by atomic mass is 31.2. The molecule has 0 bridgehead atoms. The van der Waals surface area contributed by atoms with Gasteiger partial charge in [0.05, 0.1) is 12.4 Å². The van der Waals surface area contributed by atoms with Gasteiger partial charge < -0.3 is 9.84 Å². The van der Waals surface area contributed by atoms with E-state index in [2.05, 4.69) is 25.0 Å². The van der Waals surface area contributed by atoms with Crippen molar-refractivity contribution < 1.29 is 23.8 Å². The molecule has 0 saturated carbocycles. The van der Waals surface area contributed by atoms with Gasteiger partial charge in [-0.15, -0.1) is 0 Å². The van der Waals surface area contributed by atoms with Gasteiger partial charge in [0, 0.05) is 4.91 Å². The number of ether oxygens (including phenoxy) is 1. The Balaban J connectivity index is 2.00. The van der Waals surface area contributed by atoms with Crippen LogP contribution >= 0.6 is 7.82 Å². The number of fused-ring (bicyclic) bond motifs is 1. The molecule has 1 unspecified atom stereocenters. The lowest BCUT2D eigenvalue weighted by Gasteiger charge is -2.25. The molecule has 25 heavy (non-hydrogen) atoms. The number of azide groups is 1. The van der Waals surface area contributed by atoms with Crippen LogP contribution in [0.4, 0.5) is 5.82 Å². The molecule has 4 atom stereocenters. The van der Waals surface area contributed by atoms with E-state index in [-0.39, 0.29) is 24.5 Å². The maximum absolute atomic E-state index is 10.4. The minimum absolute atomic E-state index is 0.0322. The van der Waals surface area contributed by atoms with E-state index in [0.717, 1.165) is 0 Å². The van der Waals surface area contributed by atoms with Crippen LogP contribution in [0.25, 0.3) is 21.6 Å². The summed E-state index contributed by atoms with van der Waals surface area (Å²) in [6, 6.07) is 0. The topological polar surface area (TPSA) is 161 Å². The van der Waals surface area contributed by atoms with Crippen LogP contribution in [0.15, 0.2) is 17.8 Å². The Morgan fingerprint density at radius 2 is 2.16 bits per heavy atom. The van der Waals surface area contributed by atoms with Crippen molar-refractivity contribution in [2.24, 2.45) is 5.11 Å². The van der Waals surface area contributed by atoms with Gasteiger partial charge in [-0.05, 0) is 17.6 Å². The van der Waals surface area contributed by atoms with Gasteiger partial charge in [0.2, 0.25) is 0 Å². The fourth-order valence-electron chi connectivity index (χ4n) is 2.27. The molecule has 2 aromatic heterocycles. The van der Waals surface area contributed by atoms with Crippen LogP contribution in [-0.4, -0.2) is 62.5 Å². The number of rotatable bonds is 2. The largest absolute Gasteiger partial charge is 0.488 e. The normalized spacial score (nSPS) is 30.9. The van der Waals surface area contributed by atoms with Gasteiger partial charge in [-0.2, -0.15) is 9.05 Å². The number of imidazole rings is 1. The van der Waals surface area contributed by atoms with E-state index in [1.165, 1.54) is 17.2 Å². The van der Waals surface area contributed by atoms with Crippen molar-refractivity contribution in [3.8, 4) is 0 Å². The van der Waals surface area contributed by atoms with Crippen molar-refractivity contribution in [2.45, 2.75) is 25.4 Å². The molecule has 1 fully saturated rings. The number of nitrogens with zero attached hydrogens (tertiary/aromatic N) is 7. The Labute approximate surface area is 143 Å². The molecule has 0 aromatic carbocycles. The zero-order valence-electron chi connectivity index (χ0n) is 13.1. The van der Waals surface area contributed by atoms with Gasteiger partial charge in [0.25, 0.3) is 0 Å². The Morgan fingerprint density at radius 1 is 1.40 bits per heavy atom. The molecule has 0 amide bonds. The van der Waals surface area contributed by atoms with Crippen LogP contribution in [0.2, 0.25) is 0 Å². The highest BCUT2D eigenvalue weighted by Crippen LogP contribution is 2.52. The molecule has 12 nitrogen and oxygen atoms in total. The third-order valence-corrected chi connectivity index (χ3v) is 4.42. The van der Waals surface area contributed by atoms with E-state index in [1.807, 2.05) is 0 Å². The van der Waals surface area contributed by atoms with Gasteiger partial charge in [-0.3, -0.25) is 4.57 Å². The van der Waals surface area contributed by atoms with E-state index in [4.69, 9.17) is 26.9 Å². The monoisotopic (exact) mass is 366 g/mol. The summed E-state index contributed by atoms with van der Waals surface area (Å²) in [4.78, 5) is 24.6. The third kappa shape index (κ3) is 3.88. The van der Waals surface area contributed by atoms with Gasteiger partial charge in [-0.25, -0.2) is 19.8 Å². The summed E-state index contributed by atoms with van der Waals surface area (Å²) in [6.45, 7) is 1.33. The van der Waals surface area contributed by atoms with E-state index >= 15 is 0 Å². The zero-order valence-corrected chi connectivity index (χ0v) is 14.0. The summed E-state index contributed by atoms with van der Waals surface area (Å²) in [5, 5.41) is 13.9. The van der Waals surface area contributed by atoms with Crippen LogP contribution in [0, 0.1) is 0 Å². The minimum Gasteiger partial charge on any atom is -0.386 e. The van der Waals surface area contributed by atoms with Crippen molar-refractivity contribution >= 4 is 32.4 Å². The molecular weight excluding hydrogens is 352 g/mol. The van der Waals surface area contributed by atoms with Gasteiger partial charge in [0.15, 0.2) is 17.7 Å². The van der Waals surface area contributed by atoms with Crippen molar-refractivity contribution in [3.05, 3.63) is 23.1 Å². The molecule has 1 aliphatic heterocycles. The molecule has 14 heteroatoms. The first-order chi connectivity index (χ1) is 11.9. The van der Waals surface area contributed by atoms with Crippen LogP contribution in [-0.2, 0) is 13.8 Å². The highest BCUT2D eigenvalue weighted by Gasteiger charge is 2.39. The van der Waals surface area contributed by atoms with Gasteiger partial charge >= 0.3 is 15.4 Å². The second-order valence-corrected chi connectivity index (χ2v) is 6.92. The van der Waals surface area contributed by atoms with Crippen molar-refractivity contribution in [2.75, 3.05) is 13.2 Å². The molecule has 3 rings (SSSR count). The predicted octanol–water partition coefficient (Wildman–Crippen LogP) is 0.918. The molecule has 3 heterocycles. The van der Waals surface area contributed by atoms with Crippen molar-refractivity contribution in [1.29, 1.82) is 0 Å². The highest BCUT2D eigenvalue weighted by molar-refractivity contribution is 7.85. The molecule has 1 aliphatic rings. The Kier molecular flexibility index (Phi) is 5.16. The second-order valence-electron chi connectivity index (χ2n) is 5.27. The number of aromatic nitrogens is 4. The van der Waals surface area contributed by atoms with Crippen LogP contribution in [0.1, 0.15) is 13.2 Å². The lowest BCUT2D eigenvalue weighted by Crippen LogP contribution is -2.32. The van der Waals surface area contributed by atoms with Crippen molar-refractivity contribution in [3.63, 3.8) is 0 Å². The molecule has 130 valence electrons. The number of hydrogen-bond acceptors (Lipinski definition) is 9. The minimum atomic E-state index is -3.52. The summed E-state index contributed by atoms with van der Waals surface area (Å²) >= 11 is 0. The summed E-state index contributed by atoms with van der Waals surface area (Å²) in [6.07, 6.45) is -0.0876. The average Bonchev–Trinajstić information content (AvgIpc) is 3.01. The summed E-state index contributed by atoms with van der Waals surface area (Å²) in [5.41, 5.74) is 9.15. The molecule has 2 aromatic rings. The van der Waals surface area contributed by atoms with Crippen LogP contribution < -0.4 is 0 Å². The first-order valence-corrected chi connectivity index (χ1v) is 8.81. The summed E-state index contributed by atoms with van der Waals surface area (Å²) in [5.74, 6) is 0.0543. The lowest BCUT2D eigenvalue weighted by atomic mass is 10.3. The maximum atomic E-state index is 10.4. The van der Waals surface area contributed by atoms with E-state index in [1.54, 1.807) is 6.92 Å². The van der Waals surface area contributed by atoms with Gasteiger partial charge in [0.1, 0.15) is 31.2 Å². The Hall–Kier alpha value is -1.85. The van der Waals surface area contributed by atoms with E-state index < -0.39 is 26.3 Å². The Bertz CT molecular complexity index is 813. The van der Waals surface area contributed by atoms with Crippen LogP contribution in [0.5, 0.6) is 0 Å². The van der Waals surface area contributed by atoms with Gasteiger partial charge in [-0.1, -0.05) is 0 Å². The second kappa shape index (κ2) is 7.18. The molecule has 1 saturated heterocycles. The molecule has 2 radical (unpaired) electrons. The predicted molar refractivity (Wildman–Crippen MR) is 86.5 cm³/mol. The van der Waals surface area contributed by atoms with E-state index in [0.29, 0.717) is 5.65 Å². The fraction of sp³-hybridized carbons (Fsp3) is 0.545. The number of aliphatic hydroxyl groups excluding tert-OH is 1. The van der Waals surface area contributed by atoms with Crippen LogP contribution in [0.3, 0.4) is 0 Å². The molecule has 0 spiro atoms. The molecule has 2 N–H and O–H groups in total. The standard InChI is InChI=1S/C11H14BN7O5P/c1-6-2-22-25(12,21)23-3-7(20)11(24-6)19-5-16-8-9(17-18-13)14-4-15-10(8)19/h4-7,11,20-21H,2-3H2,1H3/q+1/t6-,7-,11+,25?/m0/s1. The smallest absolute Gasteiger partial charge is 0.386 e. The number of aliphatic hydroxyl groups is 1. The van der Waals surface area contributed by atoms with E-state index in [9.17, 15) is 10.00 Å². The zero-order chi connectivity index (χ0) is 18.0. The lowest BCUT2D eigenvalue weighted by molar-refractivity contribution is -0.120. The summed E-state index contributed by atoms with van der Waals surface area (Å²) < 4.78 is 17.4. The maximum Gasteiger partial charge on any atom is 0.488 e. The fourth-order valence-corrected chi connectivity index (χ4v) is 3.14. The quantitative estimate of drug-likeness (QED) is 0.261. The molecular formula is C11H14BN7O5P+. The Morgan fingerprint density at radius 3 is 2.92 bits per heavy atom. The third-order valence-electron chi connectivity index (χ3n) is 3.38. The van der Waals surface area contributed by atoms with Crippen molar-refractivity contribution in [1.82, 2.24) is 19.5 Å². The first-order valence-electron chi connectivity index (χ1n) is 7.17. The first kappa shape index (κ1) is 18.0. The summed E-state index contributed by atoms with van der Waals surface area (Å²) in [7, 11) is 1.99. The SMILES string of the molecule is [B][P+]1(O)OC[C@H](C)O[C@@H](n2cnc3c(N=[N+]=[N-])ncnc32)[C@@H](O)CO1. The average molecular weight is 366 g/mol. The number of hydrogen-bond donors (Lipinski definition) is 2.